The molecule has 0 unspecified atom stereocenters. The van der Waals surface area contributed by atoms with Gasteiger partial charge < -0.3 is 10.3 Å². The minimum absolute atomic E-state index is 0.259. The average Bonchev–Trinajstić information content (AvgIpc) is 3.16. The fourth-order valence-electron chi connectivity index (χ4n) is 2.26. The van der Waals surface area contributed by atoms with Gasteiger partial charge in [0.15, 0.2) is 0 Å². The number of para-hydroxylation sites is 1. The van der Waals surface area contributed by atoms with Crippen LogP contribution in [-0.4, -0.2) is 28.4 Å². The summed E-state index contributed by atoms with van der Waals surface area (Å²) in [6, 6.07) is 16.2. The Hall–Kier alpha value is -3.12. The molecule has 2 aromatic carbocycles. The van der Waals surface area contributed by atoms with Crippen LogP contribution in [0.15, 0.2) is 72.1 Å². The normalized spacial score (nSPS) is 11.2. The molecule has 1 heterocycles. The number of imidazole rings is 1. The summed E-state index contributed by atoms with van der Waals surface area (Å²) in [6.45, 7) is 0.498. The van der Waals surface area contributed by atoms with Gasteiger partial charge in [-0.15, -0.1) is 0 Å². The molecule has 1 aromatic heterocycles. The number of nitrogens with one attached hydrogen (secondary N) is 3. The molecule has 0 saturated heterocycles. The topological polar surface area (TPSA) is 82.2 Å². The number of halogens is 1. The largest absolute Gasteiger partial charge is 0.348 e. The van der Waals surface area contributed by atoms with Crippen molar-refractivity contribution in [2.24, 2.45) is 4.99 Å². The predicted molar refractivity (Wildman–Crippen MR) is 104 cm³/mol. The number of hydrogen-bond donors (Lipinski definition) is 3. The van der Waals surface area contributed by atoms with Gasteiger partial charge >= 0.3 is 0 Å². The number of benzene rings is 2. The van der Waals surface area contributed by atoms with Crippen molar-refractivity contribution in [1.82, 2.24) is 15.3 Å². The summed E-state index contributed by atoms with van der Waals surface area (Å²) in [5, 5.41) is 6.53. The Morgan fingerprint density at radius 1 is 1.12 bits per heavy atom. The van der Waals surface area contributed by atoms with Crippen LogP contribution < -0.4 is 10.6 Å². The van der Waals surface area contributed by atoms with Crippen LogP contribution in [0.1, 0.15) is 16.1 Å². The molecular weight excluding hydrogens is 350 g/mol. The number of aliphatic imine (C=N–C) groups is 1. The van der Waals surface area contributed by atoms with Gasteiger partial charge in [0.2, 0.25) is 5.96 Å². The summed E-state index contributed by atoms with van der Waals surface area (Å²) >= 11 is 5.87. The van der Waals surface area contributed by atoms with Gasteiger partial charge in [0, 0.05) is 41.1 Å². The SMILES string of the molecule is O=C(NC(=NCCc1cnc[nH]1)Nc1ccccc1)c1ccc(Cl)cc1. The quantitative estimate of drug-likeness (QED) is 0.476. The summed E-state index contributed by atoms with van der Waals surface area (Å²) in [7, 11) is 0. The number of hydrogen-bond acceptors (Lipinski definition) is 3. The number of amides is 1. The number of H-pyrrole nitrogens is 1. The lowest BCUT2D eigenvalue weighted by molar-refractivity contribution is 0.0977. The molecule has 132 valence electrons. The van der Waals surface area contributed by atoms with Gasteiger partial charge in [-0.2, -0.15) is 0 Å². The number of carbonyl (C=O) groups is 1. The standard InChI is InChI=1S/C19H18ClN5O/c20-15-8-6-14(7-9-15)18(26)25-19(24-16-4-2-1-3-5-16)22-11-10-17-12-21-13-23-17/h1-9,12-13H,10-11H2,(H,21,23)(H2,22,24,25,26). The van der Waals surface area contributed by atoms with Gasteiger partial charge in [-0.3, -0.25) is 15.1 Å². The van der Waals surface area contributed by atoms with Gasteiger partial charge in [-0.05, 0) is 36.4 Å². The molecule has 0 aliphatic heterocycles. The third-order valence-corrected chi connectivity index (χ3v) is 3.83. The van der Waals surface area contributed by atoms with Gasteiger partial charge in [-0.25, -0.2) is 4.98 Å². The number of anilines is 1. The highest BCUT2D eigenvalue weighted by molar-refractivity contribution is 6.30. The Morgan fingerprint density at radius 3 is 2.58 bits per heavy atom. The molecule has 6 nitrogen and oxygen atoms in total. The van der Waals surface area contributed by atoms with E-state index in [0.29, 0.717) is 29.5 Å². The first-order chi connectivity index (χ1) is 12.7. The van der Waals surface area contributed by atoms with Crippen LogP contribution in [-0.2, 0) is 6.42 Å². The summed E-state index contributed by atoms with van der Waals surface area (Å²) in [5.41, 5.74) is 2.33. The maximum atomic E-state index is 12.5. The van der Waals surface area contributed by atoms with Gasteiger partial charge in [0.1, 0.15) is 0 Å². The molecule has 0 radical (unpaired) electrons. The van der Waals surface area contributed by atoms with Crippen molar-refractivity contribution in [1.29, 1.82) is 0 Å². The lowest BCUT2D eigenvalue weighted by Crippen LogP contribution is -2.36. The third-order valence-electron chi connectivity index (χ3n) is 3.58. The third kappa shape index (κ3) is 5.19. The van der Waals surface area contributed by atoms with E-state index in [-0.39, 0.29) is 5.91 Å². The second-order valence-corrected chi connectivity index (χ2v) is 5.95. The number of aromatic amines is 1. The second kappa shape index (κ2) is 8.82. The Bertz CT molecular complexity index is 861. The van der Waals surface area contributed by atoms with Crippen LogP contribution >= 0.6 is 11.6 Å². The second-order valence-electron chi connectivity index (χ2n) is 5.51. The molecule has 0 fully saturated rings. The van der Waals surface area contributed by atoms with Crippen LogP contribution in [0.3, 0.4) is 0 Å². The molecule has 0 atom stereocenters. The summed E-state index contributed by atoms with van der Waals surface area (Å²) in [4.78, 5) is 23.9. The zero-order valence-electron chi connectivity index (χ0n) is 13.9. The summed E-state index contributed by atoms with van der Waals surface area (Å²) in [5.74, 6) is 0.126. The van der Waals surface area contributed by atoms with Gasteiger partial charge in [0.25, 0.3) is 5.91 Å². The van der Waals surface area contributed by atoms with Crippen molar-refractivity contribution in [3.63, 3.8) is 0 Å². The highest BCUT2D eigenvalue weighted by Crippen LogP contribution is 2.10. The average molecular weight is 368 g/mol. The van der Waals surface area contributed by atoms with Gasteiger partial charge in [-0.1, -0.05) is 29.8 Å². The van der Waals surface area contributed by atoms with Crippen molar-refractivity contribution in [2.75, 3.05) is 11.9 Å². The van der Waals surface area contributed by atoms with Gasteiger partial charge in [0.05, 0.1) is 6.33 Å². The van der Waals surface area contributed by atoms with Crippen molar-refractivity contribution >= 4 is 29.2 Å². The molecule has 0 aliphatic rings. The first kappa shape index (κ1) is 17.7. The number of nitrogens with zero attached hydrogens (tertiary/aromatic N) is 2. The fourth-order valence-corrected chi connectivity index (χ4v) is 2.39. The van der Waals surface area contributed by atoms with Crippen LogP contribution in [0.4, 0.5) is 5.69 Å². The van der Waals surface area contributed by atoms with E-state index in [1.54, 1.807) is 36.8 Å². The number of rotatable bonds is 5. The van der Waals surface area contributed by atoms with Crippen LogP contribution in [0.25, 0.3) is 0 Å². The Kier molecular flexibility index (Phi) is 6.01. The maximum absolute atomic E-state index is 12.5. The van der Waals surface area contributed by atoms with E-state index in [2.05, 4.69) is 25.6 Å². The number of aromatic nitrogens is 2. The van der Waals surface area contributed by atoms with Crippen molar-refractivity contribution in [3.8, 4) is 0 Å². The molecule has 7 heteroatoms. The van der Waals surface area contributed by atoms with E-state index in [1.807, 2.05) is 30.3 Å². The minimum atomic E-state index is -0.259. The van der Waals surface area contributed by atoms with E-state index >= 15 is 0 Å². The van der Waals surface area contributed by atoms with E-state index in [4.69, 9.17) is 11.6 Å². The maximum Gasteiger partial charge on any atom is 0.257 e. The minimum Gasteiger partial charge on any atom is -0.348 e. The van der Waals surface area contributed by atoms with Crippen LogP contribution in [0.2, 0.25) is 5.02 Å². The van der Waals surface area contributed by atoms with E-state index in [9.17, 15) is 4.79 Å². The highest BCUT2D eigenvalue weighted by Gasteiger charge is 2.09. The molecule has 3 N–H and O–H groups in total. The molecule has 0 saturated carbocycles. The lowest BCUT2D eigenvalue weighted by Gasteiger charge is -2.12. The predicted octanol–water partition coefficient (Wildman–Crippen LogP) is 3.50. The van der Waals surface area contributed by atoms with Crippen LogP contribution in [0, 0.1) is 0 Å². The molecular formula is C19H18ClN5O. The fraction of sp³-hybridized carbons (Fsp3) is 0.105. The molecule has 3 aromatic rings. The Morgan fingerprint density at radius 2 is 1.88 bits per heavy atom. The first-order valence-electron chi connectivity index (χ1n) is 8.11. The zero-order chi connectivity index (χ0) is 18.2. The zero-order valence-corrected chi connectivity index (χ0v) is 14.7. The Labute approximate surface area is 156 Å². The van der Waals surface area contributed by atoms with E-state index in [1.165, 1.54) is 0 Å². The summed E-state index contributed by atoms with van der Waals surface area (Å²) < 4.78 is 0. The van der Waals surface area contributed by atoms with E-state index < -0.39 is 0 Å². The van der Waals surface area contributed by atoms with Crippen LogP contribution in [0.5, 0.6) is 0 Å². The van der Waals surface area contributed by atoms with Crippen molar-refractivity contribution in [2.45, 2.75) is 6.42 Å². The van der Waals surface area contributed by atoms with Crippen molar-refractivity contribution in [3.05, 3.63) is 83.4 Å². The summed E-state index contributed by atoms with van der Waals surface area (Å²) in [6.07, 6.45) is 4.08. The van der Waals surface area contributed by atoms with E-state index in [0.717, 1.165) is 11.4 Å². The molecule has 3 rings (SSSR count). The molecule has 0 aliphatic carbocycles. The first-order valence-corrected chi connectivity index (χ1v) is 8.49. The highest BCUT2D eigenvalue weighted by atomic mass is 35.5. The number of guanidine groups is 1. The molecule has 1 amide bonds. The molecule has 0 spiro atoms. The molecule has 26 heavy (non-hydrogen) atoms. The number of carbonyl (C=O) groups excluding carboxylic acids is 1. The Balaban J connectivity index is 1.70. The lowest BCUT2D eigenvalue weighted by atomic mass is 10.2. The van der Waals surface area contributed by atoms with Crippen molar-refractivity contribution < 1.29 is 4.79 Å². The smallest absolute Gasteiger partial charge is 0.257 e. The monoisotopic (exact) mass is 367 g/mol. The molecule has 0 bridgehead atoms.